The van der Waals surface area contributed by atoms with Crippen molar-refractivity contribution in [3.05, 3.63) is 86.8 Å². The van der Waals surface area contributed by atoms with Gasteiger partial charge in [-0.15, -0.1) is 5.10 Å². The van der Waals surface area contributed by atoms with Gasteiger partial charge in [0.25, 0.3) is 11.8 Å². The van der Waals surface area contributed by atoms with Crippen molar-refractivity contribution >= 4 is 68.3 Å². The second-order valence-electron chi connectivity index (χ2n) is 12.3. The maximum absolute atomic E-state index is 12.6. The molecule has 2 aromatic carbocycles. The number of nitrogens with one attached hydrogen (secondary N) is 1. The van der Waals surface area contributed by atoms with Gasteiger partial charge >= 0.3 is 0 Å². The maximum Gasteiger partial charge on any atom is 0.286 e. The first-order valence-corrected chi connectivity index (χ1v) is 17.7. The second kappa shape index (κ2) is 14.4. The number of thioether (sulfide) groups is 2. The summed E-state index contributed by atoms with van der Waals surface area (Å²) in [5.74, 6) is 0.326. The minimum absolute atomic E-state index is 0. The molecule has 12 heteroatoms. The van der Waals surface area contributed by atoms with E-state index in [0.29, 0.717) is 11.7 Å². The predicted molar refractivity (Wildman–Crippen MR) is 197 cm³/mol. The van der Waals surface area contributed by atoms with Crippen LogP contribution in [0.15, 0.2) is 85.2 Å². The summed E-state index contributed by atoms with van der Waals surface area (Å²) in [7, 11) is 0. The van der Waals surface area contributed by atoms with E-state index in [9.17, 15) is 9.59 Å². The number of fused-ring (bicyclic) bond motifs is 2. The number of hydrogen-bond donors (Lipinski definition) is 1. The second-order valence-corrected chi connectivity index (χ2v) is 14.3. The first-order chi connectivity index (χ1) is 22.8. The molecular weight excluding hydrogens is 641 g/mol. The monoisotopic (exact) mass is 680 g/mol. The highest BCUT2D eigenvalue weighted by Gasteiger charge is 2.38. The number of hydrazone groups is 1. The van der Waals surface area contributed by atoms with E-state index in [1.54, 1.807) is 6.08 Å². The summed E-state index contributed by atoms with van der Waals surface area (Å²) in [5.41, 5.74) is 3.46. The number of para-hydroxylation sites is 1. The van der Waals surface area contributed by atoms with Crippen LogP contribution < -0.4 is 10.6 Å². The van der Waals surface area contributed by atoms with Crippen LogP contribution >= 0.6 is 23.5 Å². The van der Waals surface area contributed by atoms with Crippen LogP contribution in [-0.2, 0) is 9.59 Å². The fourth-order valence-electron chi connectivity index (χ4n) is 6.10. The van der Waals surface area contributed by atoms with Gasteiger partial charge in [-0.2, -0.15) is 15.0 Å². The molecule has 0 atom stereocenters. The lowest BCUT2D eigenvalue weighted by atomic mass is 10.00. The predicted octanol–water partition coefficient (Wildman–Crippen LogP) is 5.02. The van der Waals surface area contributed by atoms with Crippen LogP contribution in [0.4, 0.5) is 0 Å². The fraction of sp³-hybridized carbons (Fsp3) is 0.361. The summed E-state index contributed by atoms with van der Waals surface area (Å²) in [6.45, 7) is 8.79. The Morgan fingerprint density at radius 3 is 2.35 bits per heavy atom. The number of benzene rings is 2. The molecule has 0 radical (unpaired) electrons. The van der Waals surface area contributed by atoms with Gasteiger partial charge in [0.1, 0.15) is 0 Å². The fourth-order valence-corrected chi connectivity index (χ4v) is 8.01. The molecule has 0 aliphatic carbocycles. The summed E-state index contributed by atoms with van der Waals surface area (Å²) in [4.78, 5) is 42.6. The Morgan fingerprint density at radius 2 is 1.58 bits per heavy atom. The largest absolute Gasteiger partial charge is 0.351 e. The van der Waals surface area contributed by atoms with Gasteiger partial charge in [-0.05, 0) is 91.4 Å². The molecule has 1 N–H and O–H groups in total. The lowest BCUT2D eigenvalue weighted by Crippen LogP contribution is -2.36. The Hall–Kier alpha value is -4.29. The molecule has 48 heavy (non-hydrogen) atoms. The molecule has 2 saturated heterocycles. The van der Waals surface area contributed by atoms with Crippen LogP contribution in [0.2, 0.25) is 0 Å². The van der Waals surface area contributed by atoms with Crippen molar-refractivity contribution in [2.45, 2.75) is 47.0 Å². The zero-order chi connectivity index (χ0) is 32.5. The Labute approximate surface area is 289 Å². The normalized spacial score (nSPS) is 22.2. The van der Waals surface area contributed by atoms with E-state index in [-0.39, 0.29) is 30.6 Å². The number of aryl methyl sites for hydroxylation is 1. The van der Waals surface area contributed by atoms with Gasteiger partial charge in [-0.3, -0.25) is 20.0 Å². The average Bonchev–Trinajstić information content (AvgIpc) is 3.88. The smallest absolute Gasteiger partial charge is 0.286 e. The molecule has 10 nitrogen and oxygen atoms in total. The van der Waals surface area contributed by atoms with E-state index in [2.05, 4.69) is 55.9 Å². The molecule has 2 aromatic rings. The first-order valence-electron chi connectivity index (χ1n) is 16.0. The third-order valence-corrected chi connectivity index (χ3v) is 10.8. The highest BCUT2D eigenvalue weighted by atomic mass is 32.2. The molecule has 6 aliphatic rings. The third-order valence-electron chi connectivity index (χ3n) is 8.81. The number of carbonyl (C=O) groups is 2. The highest BCUT2D eigenvalue weighted by Crippen LogP contribution is 2.32. The van der Waals surface area contributed by atoms with Gasteiger partial charge in [-0.1, -0.05) is 62.4 Å². The van der Waals surface area contributed by atoms with Gasteiger partial charge in [0.15, 0.2) is 16.2 Å². The molecular formula is C36H40N8O2S2. The summed E-state index contributed by atoms with van der Waals surface area (Å²) in [6, 6.07) is 16.0. The Bertz CT molecular complexity index is 1930. The molecule has 0 bridgehead atoms. The SMILES string of the molecule is C.CC1CCN(C2=NN3C(=N)/C(=C\C4=c5ccccc5=NC4)C(=O)N=C3S2)CC1.Cc1cccc(/C=C2/SC(N3CCCC3)=NC2=O)c1. The van der Waals surface area contributed by atoms with E-state index in [1.807, 2.05) is 42.5 Å². The van der Waals surface area contributed by atoms with Crippen molar-refractivity contribution in [2.24, 2.45) is 26.0 Å². The minimum atomic E-state index is -0.385. The number of likely N-dealkylation sites (tertiary alicyclic amines) is 2. The quantitative estimate of drug-likeness (QED) is 0.443. The third kappa shape index (κ3) is 7.09. The molecule has 0 spiro atoms. The van der Waals surface area contributed by atoms with Crippen molar-refractivity contribution in [3.8, 4) is 0 Å². The molecule has 248 valence electrons. The van der Waals surface area contributed by atoms with E-state index >= 15 is 0 Å². The summed E-state index contributed by atoms with van der Waals surface area (Å²) in [6.07, 6.45) is 8.35. The summed E-state index contributed by atoms with van der Waals surface area (Å²) in [5, 5.41) is 18.8. The average molecular weight is 681 g/mol. The Kier molecular flexibility index (Phi) is 10.1. The molecule has 6 aliphatic heterocycles. The number of aliphatic imine (C=N–C) groups is 2. The van der Waals surface area contributed by atoms with Crippen molar-refractivity contribution in [1.29, 1.82) is 5.41 Å². The molecule has 0 aromatic heterocycles. The number of rotatable bonds is 2. The molecule has 2 amide bonds. The van der Waals surface area contributed by atoms with Gasteiger partial charge in [0, 0.05) is 31.4 Å². The molecule has 8 rings (SSSR count). The topological polar surface area (TPSA) is 117 Å². The van der Waals surface area contributed by atoms with Crippen LogP contribution in [0.5, 0.6) is 0 Å². The zero-order valence-electron chi connectivity index (χ0n) is 26.5. The lowest BCUT2D eigenvalue weighted by molar-refractivity contribution is -0.114. The number of hydrogen-bond acceptors (Lipinski definition) is 9. The number of nitrogens with zero attached hydrogens (tertiary/aromatic N) is 7. The van der Waals surface area contributed by atoms with E-state index in [4.69, 9.17) is 5.41 Å². The molecule has 2 fully saturated rings. The van der Waals surface area contributed by atoms with Gasteiger partial charge in [0.05, 0.1) is 22.4 Å². The van der Waals surface area contributed by atoms with Crippen molar-refractivity contribution in [1.82, 2.24) is 14.8 Å². The first kappa shape index (κ1) is 33.6. The van der Waals surface area contributed by atoms with Gasteiger partial charge in [0.2, 0.25) is 5.17 Å². The number of amidine groups is 4. The Morgan fingerprint density at radius 1 is 0.854 bits per heavy atom. The van der Waals surface area contributed by atoms with Crippen molar-refractivity contribution < 1.29 is 9.59 Å². The number of piperidine rings is 1. The Balaban J connectivity index is 0.000000176. The zero-order valence-corrected chi connectivity index (χ0v) is 28.1. The molecule has 0 unspecified atom stereocenters. The minimum Gasteiger partial charge on any atom is -0.351 e. The summed E-state index contributed by atoms with van der Waals surface area (Å²) < 4.78 is 0. The van der Waals surface area contributed by atoms with Gasteiger partial charge < -0.3 is 9.80 Å². The lowest BCUT2D eigenvalue weighted by Gasteiger charge is -2.30. The van der Waals surface area contributed by atoms with Crippen molar-refractivity contribution in [3.63, 3.8) is 0 Å². The van der Waals surface area contributed by atoms with Crippen LogP contribution in [0.1, 0.15) is 51.2 Å². The van der Waals surface area contributed by atoms with E-state index in [0.717, 1.165) is 81.9 Å². The van der Waals surface area contributed by atoms with Gasteiger partial charge in [-0.25, -0.2) is 0 Å². The van der Waals surface area contributed by atoms with Crippen LogP contribution in [0, 0.1) is 18.3 Å². The standard InChI is InChI=1S/C20H20N6OS.C15H16N2OS.CH4/c1-12-6-8-25(9-7-12)20-24-26-17(21)15(18(27)23-19(26)28-20)10-13-11-22-16-5-3-2-4-14(13)16;1-11-5-4-6-12(9-11)10-13-14(18)16-15(19-13)17-7-2-3-8-17;/h2-5,10,12,21H,6-9,11H2,1H3;4-6,9-10H,2-3,7-8H2,1H3;1H4/b15-10+,21-17?;13-10+;. The van der Waals surface area contributed by atoms with Crippen LogP contribution in [-0.4, -0.2) is 80.7 Å². The number of carbonyl (C=O) groups excluding carboxylic acids is 2. The van der Waals surface area contributed by atoms with Crippen molar-refractivity contribution in [2.75, 3.05) is 32.7 Å². The van der Waals surface area contributed by atoms with E-state index < -0.39 is 0 Å². The molecule has 6 heterocycles. The van der Waals surface area contributed by atoms with Crippen LogP contribution in [0.25, 0.3) is 11.6 Å². The maximum atomic E-state index is 12.6. The number of amides is 2. The van der Waals surface area contributed by atoms with E-state index in [1.165, 1.54) is 46.9 Å². The summed E-state index contributed by atoms with van der Waals surface area (Å²) >= 11 is 2.89. The highest BCUT2D eigenvalue weighted by molar-refractivity contribution is 8.26. The van der Waals surface area contributed by atoms with Crippen LogP contribution in [0.3, 0.4) is 0 Å². The molecule has 0 saturated carbocycles.